The molecule has 1 atom stereocenters. The van der Waals surface area contributed by atoms with Crippen LogP contribution in [0.3, 0.4) is 0 Å². The van der Waals surface area contributed by atoms with Gasteiger partial charge in [0.15, 0.2) is 0 Å². The molecule has 1 unspecified atom stereocenters. The number of nitrogens with one attached hydrogen (secondary N) is 2. The van der Waals surface area contributed by atoms with Crippen molar-refractivity contribution in [2.24, 2.45) is 0 Å². The van der Waals surface area contributed by atoms with Crippen LogP contribution in [0.2, 0.25) is 0 Å². The molecular formula is C11H14N4. The second-order valence-electron chi connectivity index (χ2n) is 4.03. The minimum atomic E-state index is 0.424. The molecular weight excluding hydrogens is 188 g/mol. The first-order chi connectivity index (χ1) is 7.45. The molecule has 78 valence electrons. The van der Waals surface area contributed by atoms with Crippen LogP contribution < -0.4 is 5.32 Å². The highest BCUT2D eigenvalue weighted by atomic mass is 15.1. The van der Waals surface area contributed by atoms with Gasteiger partial charge in [0, 0.05) is 23.8 Å². The standard InChI is InChI=1S/C11H14N4/c1-2-5-13-10(3-1)11-8-7-12-6-4-9(8)14-15-11/h4,6-7,10,13H,1-3,5H2,(H,14,15). The van der Waals surface area contributed by atoms with Crippen LogP contribution in [0, 0.1) is 0 Å². The molecule has 0 spiro atoms. The van der Waals surface area contributed by atoms with Crippen LogP contribution in [0.25, 0.3) is 10.9 Å². The molecule has 0 aromatic carbocycles. The van der Waals surface area contributed by atoms with Crippen molar-refractivity contribution < 1.29 is 0 Å². The SMILES string of the molecule is c1cc2n[nH]c(C3CCCCN3)c2cn1. The number of rotatable bonds is 1. The molecule has 4 nitrogen and oxygen atoms in total. The van der Waals surface area contributed by atoms with Gasteiger partial charge < -0.3 is 5.32 Å². The predicted octanol–water partition coefficient (Wildman–Crippen LogP) is 1.77. The number of pyridine rings is 1. The summed E-state index contributed by atoms with van der Waals surface area (Å²) in [5.41, 5.74) is 2.20. The van der Waals surface area contributed by atoms with Gasteiger partial charge in [0.2, 0.25) is 0 Å². The summed E-state index contributed by atoms with van der Waals surface area (Å²) in [6.07, 6.45) is 7.43. The lowest BCUT2D eigenvalue weighted by Crippen LogP contribution is -2.27. The van der Waals surface area contributed by atoms with E-state index in [0.29, 0.717) is 6.04 Å². The molecule has 15 heavy (non-hydrogen) atoms. The second kappa shape index (κ2) is 3.62. The van der Waals surface area contributed by atoms with Gasteiger partial charge in [0.05, 0.1) is 11.2 Å². The maximum Gasteiger partial charge on any atom is 0.0955 e. The molecule has 0 bridgehead atoms. The first-order valence-electron chi connectivity index (χ1n) is 5.46. The number of hydrogen-bond acceptors (Lipinski definition) is 3. The Bertz CT molecular complexity index is 456. The molecule has 1 fully saturated rings. The molecule has 2 aromatic rings. The fourth-order valence-electron chi connectivity index (χ4n) is 2.24. The van der Waals surface area contributed by atoms with E-state index in [9.17, 15) is 0 Å². The smallest absolute Gasteiger partial charge is 0.0955 e. The van der Waals surface area contributed by atoms with Crippen LogP contribution in [0.4, 0.5) is 0 Å². The zero-order valence-electron chi connectivity index (χ0n) is 8.53. The van der Waals surface area contributed by atoms with Gasteiger partial charge in [-0.15, -0.1) is 0 Å². The number of aromatic nitrogens is 3. The Balaban J connectivity index is 2.02. The molecule has 1 aliphatic rings. The van der Waals surface area contributed by atoms with E-state index in [1.54, 1.807) is 6.20 Å². The quantitative estimate of drug-likeness (QED) is 0.741. The first-order valence-corrected chi connectivity index (χ1v) is 5.46. The molecule has 1 aliphatic heterocycles. The summed E-state index contributed by atoms with van der Waals surface area (Å²) < 4.78 is 0. The Hall–Kier alpha value is -1.42. The van der Waals surface area contributed by atoms with Crippen LogP contribution in [-0.4, -0.2) is 21.7 Å². The normalized spacial score (nSPS) is 22.0. The van der Waals surface area contributed by atoms with Gasteiger partial charge in [-0.3, -0.25) is 10.1 Å². The zero-order chi connectivity index (χ0) is 10.1. The highest BCUT2D eigenvalue weighted by molar-refractivity contribution is 5.80. The van der Waals surface area contributed by atoms with E-state index in [1.807, 2.05) is 12.3 Å². The molecule has 3 rings (SSSR count). The third kappa shape index (κ3) is 1.51. The summed E-state index contributed by atoms with van der Waals surface area (Å²) in [5.74, 6) is 0. The molecule has 1 saturated heterocycles. The lowest BCUT2D eigenvalue weighted by atomic mass is 10.0. The van der Waals surface area contributed by atoms with E-state index >= 15 is 0 Å². The summed E-state index contributed by atoms with van der Waals surface area (Å²) in [6, 6.07) is 2.37. The first kappa shape index (κ1) is 8.85. The van der Waals surface area contributed by atoms with E-state index in [2.05, 4.69) is 20.5 Å². The van der Waals surface area contributed by atoms with Gasteiger partial charge in [-0.1, -0.05) is 6.42 Å². The van der Waals surface area contributed by atoms with Crippen molar-refractivity contribution in [3.63, 3.8) is 0 Å². The Kier molecular flexibility index (Phi) is 2.14. The summed E-state index contributed by atoms with van der Waals surface area (Å²) in [5, 5.41) is 12.1. The van der Waals surface area contributed by atoms with Gasteiger partial charge in [-0.25, -0.2) is 0 Å². The average molecular weight is 202 g/mol. The monoisotopic (exact) mass is 202 g/mol. The van der Waals surface area contributed by atoms with Crippen molar-refractivity contribution in [3.8, 4) is 0 Å². The van der Waals surface area contributed by atoms with Crippen LogP contribution in [-0.2, 0) is 0 Å². The molecule has 0 amide bonds. The Labute approximate surface area is 88.1 Å². The Morgan fingerprint density at radius 3 is 3.20 bits per heavy atom. The van der Waals surface area contributed by atoms with E-state index in [-0.39, 0.29) is 0 Å². The van der Waals surface area contributed by atoms with E-state index in [0.717, 1.165) is 17.4 Å². The topological polar surface area (TPSA) is 53.6 Å². The van der Waals surface area contributed by atoms with Crippen LogP contribution in [0.5, 0.6) is 0 Å². The van der Waals surface area contributed by atoms with Crippen molar-refractivity contribution in [2.75, 3.05) is 6.54 Å². The van der Waals surface area contributed by atoms with E-state index in [1.165, 1.54) is 25.0 Å². The molecule has 2 N–H and O–H groups in total. The summed E-state index contributed by atoms with van der Waals surface area (Å²) >= 11 is 0. The minimum Gasteiger partial charge on any atom is -0.309 e. The third-order valence-corrected chi connectivity index (χ3v) is 3.04. The highest BCUT2D eigenvalue weighted by Gasteiger charge is 2.18. The lowest BCUT2D eigenvalue weighted by molar-refractivity contribution is 0.407. The summed E-state index contributed by atoms with van der Waals surface area (Å²) in [7, 11) is 0. The molecule has 0 saturated carbocycles. The average Bonchev–Trinajstić information content (AvgIpc) is 2.74. The zero-order valence-corrected chi connectivity index (χ0v) is 8.53. The third-order valence-electron chi connectivity index (χ3n) is 3.04. The summed E-state index contributed by atoms with van der Waals surface area (Å²) in [4.78, 5) is 4.15. The summed E-state index contributed by atoms with van der Waals surface area (Å²) in [6.45, 7) is 1.10. The number of hydrogen-bond donors (Lipinski definition) is 2. The molecule has 2 aromatic heterocycles. The van der Waals surface area contributed by atoms with Crippen molar-refractivity contribution in [1.29, 1.82) is 0 Å². The maximum atomic E-state index is 4.29. The number of H-pyrrole nitrogens is 1. The Morgan fingerprint density at radius 1 is 1.33 bits per heavy atom. The van der Waals surface area contributed by atoms with Crippen molar-refractivity contribution in [3.05, 3.63) is 24.2 Å². The number of aromatic amines is 1. The van der Waals surface area contributed by atoms with E-state index < -0.39 is 0 Å². The largest absolute Gasteiger partial charge is 0.309 e. The van der Waals surface area contributed by atoms with E-state index in [4.69, 9.17) is 0 Å². The van der Waals surface area contributed by atoms with Crippen LogP contribution in [0.15, 0.2) is 18.5 Å². The second-order valence-corrected chi connectivity index (χ2v) is 4.03. The fourth-order valence-corrected chi connectivity index (χ4v) is 2.24. The van der Waals surface area contributed by atoms with Crippen LogP contribution >= 0.6 is 0 Å². The molecule has 3 heterocycles. The maximum absolute atomic E-state index is 4.29. The van der Waals surface area contributed by atoms with Crippen molar-refractivity contribution in [2.45, 2.75) is 25.3 Å². The van der Waals surface area contributed by atoms with Gasteiger partial charge in [0.1, 0.15) is 0 Å². The van der Waals surface area contributed by atoms with Crippen molar-refractivity contribution in [1.82, 2.24) is 20.5 Å². The van der Waals surface area contributed by atoms with Gasteiger partial charge in [-0.2, -0.15) is 5.10 Å². The minimum absolute atomic E-state index is 0.424. The van der Waals surface area contributed by atoms with Crippen LogP contribution in [0.1, 0.15) is 31.0 Å². The number of nitrogens with zero attached hydrogens (tertiary/aromatic N) is 2. The molecule has 0 radical (unpaired) electrons. The number of fused-ring (bicyclic) bond motifs is 1. The van der Waals surface area contributed by atoms with Gasteiger partial charge in [0.25, 0.3) is 0 Å². The molecule has 4 heteroatoms. The van der Waals surface area contributed by atoms with Crippen molar-refractivity contribution >= 4 is 10.9 Å². The van der Waals surface area contributed by atoms with Gasteiger partial charge in [-0.05, 0) is 25.5 Å². The predicted molar refractivity (Wildman–Crippen MR) is 58.5 cm³/mol. The lowest BCUT2D eigenvalue weighted by Gasteiger charge is -2.22. The van der Waals surface area contributed by atoms with Gasteiger partial charge >= 0.3 is 0 Å². The number of piperidine rings is 1. The Morgan fingerprint density at radius 2 is 2.33 bits per heavy atom. The fraction of sp³-hybridized carbons (Fsp3) is 0.455. The molecule has 0 aliphatic carbocycles. The highest BCUT2D eigenvalue weighted by Crippen LogP contribution is 2.26.